The van der Waals surface area contributed by atoms with Crippen molar-refractivity contribution in [2.24, 2.45) is 0 Å². The number of carbonyl (C=O) groups excluding carboxylic acids is 2. The van der Waals surface area contributed by atoms with Gasteiger partial charge in [0.2, 0.25) is 0 Å². The van der Waals surface area contributed by atoms with Crippen LogP contribution in [0, 0.1) is 34.6 Å². The van der Waals surface area contributed by atoms with E-state index in [2.05, 4.69) is 57.4 Å². The maximum atomic E-state index is 13.9. The van der Waals surface area contributed by atoms with Crippen molar-refractivity contribution >= 4 is 30.5 Å². The Morgan fingerprint density at radius 3 is 1.82 bits per heavy atom. The monoisotopic (exact) mass is 468 g/mol. The molecule has 0 bridgehead atoms. The zero-order chi connectivity index (χ0) is 24.4. The van der Waals surface area contributed by atoms with Gasteiger partial charge in [0.05, 0.1) is 0 Å². The molecule has 1 saturated carbocycles. The molecule has 2 amide bonds. The number of carbonyl (C=O) groups is 2. The molecule has 1 aliphatic rings. The van der Waals surface area contributed by atoms with E-state index in [4.69, 9.17) is 0 Å². The molecule has 1 fully saturated rings. The van der Waals surface area contributed by atoms with Gasteiger partial charge in [-0.2, -0.15) is 0 Å². The second kappa shape index (κ2) is 9.97. The van der Waals surface area contributed by atoms with Gasteiger partial charge in [0.15, 0.2) is 0 Å². The summed E-state index contributed by atoms with van der Waals surface area (Å²) >= 11 is 0. The van der Waals surface area contributed by atoms with E-state index in [9.17, 15) is 9.59 Å². The molecule has 0 unspecified atom stereocenters. The number of para-hydroxylation sites is 1. The van der Waals surface area contributed by atoms with Gasteiger partial charge in [0.25, 0.3) is 0 Å². The van der Waals surface area contributed by atoms with Crippen LogP contribution in [0.25, 0.3) is 0 Å². The van der Waals surface area contributed by atoms with E-state index in [1.807, 2.05) is 32.0 Å². The van der Waals surface area contributed by atoms with Gasteiger partial charge >= 0.3 is 200 Å². The molecule has 0 spiro atoms. The van der Waals surface area contributed by atoms with E-state index < -0.39 is 7.26 Å². The van der Waals surface area contributed by atoms with Crippen LogP contribution in [0.5, 0.6) is 0 Å². The summed E-state index contributed by atoms with van der Waals surface area (Å²) in [5.41, 5.74) is 7.40. The van der Waals surface area contributed by atoms with E-state index in [1.54, 1.807) is 0 Å². The number of hydrogen-bond donors (Lipinski definition) is 2. The minimum atomic E-state index is -2.25. The second-order valence-corrected chi connectivity index (χ2v) is 15.4. The number of amides is 2. The van der Waals surface area contributed by atoms with Crippen molar-refractivity contribution in [3.05, 3.63) is 58.1 Å². The van der Waals surface area contributed by atoms with Gasteiger partial charge in [-0.3, -0.25) is 0 Å². The molecule has 2 N–H and O–H groups in total. The van der Waals surface area contributed by atoms with E-state index in [0.29, 0.717) is 6.16 Å². The molecular formula is C28H41N2O2P. The summed E-state index contributed by atoms with van der Waals surface area (Å²) in [6.45, 7) is 14.6. The van der Waals surface area contributed by atoms with Crippen LogP contribution in [0.2, 0.25) is 0 Å². The van der Waals surface area contributed by atoms with Crippen molar-refractivity contribution in [1.82, 2.24) is 0 Å². The fourth-order valence-electron chi connectivity index (χ4n) is 5.99. The first-order valence-electron chi connectivity index (χ1n) is 12.3. The molecule has 33 heavy (non-hydrogen) atoms. The van der Waals surface area contributed by atoms with Crippen molar-refractivity contribution in [3.8, 4) is 0 Å². The average Bonchev–Trinajstić information content (AvgIpc) is 2.71. The Bertz CT molecular complexity index is 1010. The van der Waals surface area contributed by atoms with E-state index in [-0.39, 0.29) is 17.0 Å². The SMILES string of the molecule is CC[PH](CC)(CC(=O)Nc1c(C)cccc1C)C1(C(=O)Nc2c(C)cc(C)cc2C)CCC1. The normalized spacial score (nSPS) is 15.5. The van der Waals surface area contributed by atoms with Crippen LogP contribution in [-0.2, 0) is 9.59 Å². The molecule has 0 atom stereocenters. The Morgan fingerprint density at radius 2 is 1.36 bits per heavy atom. The van der Waals surface area contributed by atoms with Crippen LogP contribution in [0.4, 0.5) is 11.4 Å². The number of rotatable bonds is 8. The predicted octanol–water partition coefficient (Wildman–Crippen LogP) is 6.52. The fourth-order valence-corrected chi connectivity index (χ4v) is 11.3. The van der Waals surface area contributed by atoms with Crippen LogP contribution in [-0.4, -0.2) is 35.5 Å². The van der Waals surface area contributed by atoms with E-state index in [0.717, 1.165) is 65.2 Å². The third-order valence-corrected chi connectivity index (χ3v) is 14.6. The molecule has 0 aromatic heterocycles. The number of hydrogen-bond acceptors (Lipinski definition) is 2. The average molecular weight is 469 g/mol. The third kappa shape index (κ3) is 4.73. The molecule has 180 valence electrons. The minimum absolute atomic E-state index is 0.0598. The number of nitrogens with one attached hydrogen (secondary N) is 2. The second-order valence-electron chi connectivity index (χ2n) is 10.1. The Hall–Kier alpha value is -2.19. The maximum absolute atomic E-state index is 13.9. The van der Waals surface area contributed by atoms with Gasteiger partial charge < -0.3 is 0 Å². The summed E-state index contributed by atoms with van der Waals surface area (Å²) in [4.78, 5) is 27.3. The Morgan fingerprint density at radius 1 is 0.848 bits per heavy atom. The molecule has 2 aromatic carbocycles. The van der Waals surface area contributed by atoms with Crippen LogP contribution in [0.3, 0.4) is 0 Å². The molecule has 4 nitrogen and oxygen atoms in total. The van der Waals surface area contributed by atoms with Crippen LogP contribution >= 0.6 is 7.26 Å². The summed E-state index contributed by atoms with van der Waals surface area (Å²) in [7, 11) is -2.25. The molecule has 0 aliphatic heterocycles. The molecule has 0 radical (unpaired) electrons. The fraction of sp³-hybridized carbons (Fsp3) is 0.500. The Kier molecular flexibility index (Phi) is 7.69. The van der Waals surface area contributed by atoms with Crippen LogP contribution in [0.1, 0.15) is 60.9 Å². The summed E-state index contributed by atoms with van der Waals surface area (Å²) in [5, 5.41) is 6.15. The first kappa shape index (κ1) is 25.4. The van der Waals surface area contributed by atoms with Crippen molar-refractivity contribution < 1.29 is 9.59 Å². The zero-order valence-corrected chi connectivity index (χ0v) is 22.4. The number of benzene rings is 2. The van der Waals surface area contributed by atoms with Crippen molar-refractivity contribution in [1.29, 1.82) is 0 Å². The Balaban J connectivity index is 1.89. The molecular weight excluding hydrogens is 427 g/mol. The van der Waals surface area contributed by atoms with Crippen LogP contribution < -0.4 is 10.6 Å². The van der Waals surface area contributed by atoms with Crippen molar-refractivity contribution in [2.45, 2.75) is 72.9 Å². The quantitative estimate of drug-likeness (QED) is 0.434. The van der Waals surface area contributed by atoms with Gasteiger partial charge in [0, 0.05) is 0 Å². The van der Waals surface area contributed by atoms with Gasteiger partial charge in [0.1, 0.15) is 0 Å². The number of aryl methyl sites for hydroxylation is 5. The molecule has 5 heteroatoms. The summed E-state index contributed by atoms with van der Waals surface area (Å²) in [6.07, 6.45) is 5.21. The Labute approximate surface area is 200 Å². The summed E-state index contributed by atoms with van der Waals surface area (Å²) < 4.78 is 0. The van der Waals surface area contributed by atoms with E-state index >= 15 is 0 Å². The van der Waals surface area contributed by atoms with E-state index in [1.165, 1.54) is 5.56 Å². The van der Waals surface area contributed by atoms with Crippen LogP contribution in [0.15, 0.2) is 30.3 Å². The molecule has 3 rings (SSSR count). The molecule has 1 aliphatic carbocycles. The van der Waals surface area contributed by atoms with Gasteiger partial charge in [-0.15, -0.1) is 0 Å². The standard InChI is InChI=1S/C28H41N2O2P/c1-8-33(9-2,18-24(31)29-25-20(4)12-10-13-21(25)5)28(14-11-15-28)27(32)30-26-22(6)16-19(3)17-23(26)7/h10,12-13,16-17,33H,8-9,11,14-15,18H2,1-7H3,(H,29,31)(H,30,32). The molecule has 2 aromatic rings. The summed E-state index contributed by atoms with van der Waals surface area (Å²) in [5.74, 6) is 0.198. The topological polar surface area (TPSA) is 58.2 Å². The molecule has 0 heterocycles. The molecule has 0 saturated heterocycles. The van der Waals surface area contributed by atoms with Gasteiger partial charge in [-0.1, -0.05) is 0 Å². The predicted molar refractivity (Wildman–Crippen MR) is 145 cm³/mol. The number of anilines is 2. The van der Waals surface area contributed by atoms with Gasteiger partial charge in [-0.05, 0) is 0 Å². The first-order valence-corrected chi connectivity index (χ1v) is 15.0. The van der Waals surface area contributed by atoms with Crippen molar-refractivity contribution in [3.63, 3.8) is 0 Å². The summed E-state index contributed by atoms with van der Waals surface area (Å²) in [6, 6.07) is 10.3. The zero-order valence-electron chi connectivity index (χ0n) is 21.4. The van der Waals surface area contributed by atoms with Crippen molar-refractivity contribution in [2.75, 3.05) is 29.1 Å². The van der Waals surface area contributed by atoms with Gasteiger partial charge in [-0.25, -0.2) is 0 Å². The third-order valence-electron chi connectivity index (χ3n) is 8.17. The first-order chi connectivity index (χ1) is 15.6.